The highest BCUT2D eigenvalue weighted by Crippen LogP contribution is 2.57. The van der Waals surface area contributed by atoms with E-state index in [1.165, 1.54) is 6.04 Å². The van der Waals surface area contributed by atoms with E-state index < -0.39 is 8.07 Å². The van der Waals surface area contributed by atoms with Crippen LogP contribution >= 0.6 is 0 Å². The zero-order valence-electron chi connectivity index (χ0n) is 10.0. The molecule has 1 fully saturated rings. The van der Waals surface area contributed by atoms with Crippen LogP contribution in [-0.4, -0.2) is 20.7 Å². The summed E-state index contributed by atoms with van der Waals surface area (Å²) in [5.41, 5.74) is 0.261. The molecule has 0 amide bonds. The molecule has 1 saturated carbocycles. The van der Waals surface area contributed by atoms with E-state index in [0.29, 0.717) is 6.61 Å². The molecular formula is C11H22O2Si. The molecule has 1 aliphatic rings. The van der Waals surface area contributed by atoms with Crippen molar-refractivity contribution in [1.29, 1.82) is 0 Å². The first-order valence-electron chi connectivity index (χ1n) is 5.45. The predicted molar refractivity (Wildman–Crippen MR) is 61.0 cm³/mol. The fourth-order valence-corrected chi connectivity index (χ4v) is 5.24. The van der Waals surface area contributed by atoms with Gasteiger partial charge in [-0.2, -0.15) is 0 Å². The molecule has 0 spiro atoms. The summed E-state index contributed by atoms with van der Waals surface area (Å²) in [4.78, 5) is 11.5. The Hall–Kier alpha value is -0.313. The summed E-state index contributed by atoms with van der Waals surface area (Å²) in [5.74, 6) is 0.211. The van der Waals surface area contributed by atoms with Gasteiger partial charge in [-0.1, -0.05) is 32.6 Å². The summed E-state index contributed by atoms with van der Waals surface area (Å²) in [6.07, 6.45) is 1.04. The third kappa shape index (κ3) is 2.84. The lowest BCUT2D eigenvalue weighted by Gasteiger charge is -2.21. The molecular weight excluding hydrogens is 192 g/mol. The topological polar surface area (TPSA) is 26.3 Å². The van der Waals surface area contributed by atoms with Gasteiger partial charge in [0, 0.05) is 8.07 Å². The zero-order chi connectivity index (χ0) is 11.0. The van der Waals surface area contributed by atoms with Crippen LogP contribution in [-0.2, 0) is 9.53 Å². The Morgan fingerprint density at radius 3 is 2.50 bits per heavy atom. The first-order chi connectivity index (χ1) is 6.28. The average molecular weight is 214 g/mol. The Kier molecular flexibility index (Phi) is 3.09. The van der Waals surface area contributed by atoms with E-state index in [1.54, 1.807) is 0 Å². The van der Waals surface area contributed by atoms with Crippen molar-refractivity contribution in [2.24, 2.45) is 11.3 Å². The minimum atomic E-state index is -1.05. The van der Waals surface area contributed by atoms with Gasteiger partial charge in [-0.05, 0) is 18.8 Å². The molecule has 0 aromatic carbocycles. The predicted octanol–water partition coefficient (Wildman–Crippen LogP) is 2.91. The van der Waals surface area contributed by atoms with E-state index in [4.69, 9.17) is 4.74 Å². The second-order valence-electron chi connectivity index (χ2n) is 5.90. The Morgan fingerprint density at radius 1 is 1.50 bits per heavy atom. The normalized spacial score (nSPS) is 31.4. The van der Waals surface area contributed by atoms with E-state index >= 15 is 0 Å². The van der Waals surface area contributed by atoms with Crippen LogP contribution in [0.3, 0.4) is 0 Å². The van der Waals surface area contributed by atoms with Crippen molar-refractivity contribution in [3.8, 4) is 0 Å². The van der Waals surface area contributed by atoms with Crippen molar-refractivity contribution >= 4 is 14.0 Å². The first-order valence-corrected chi connectivity index (χ1v) is 9.16. The lowest BCUT2D eigenvalue weighted by molar-refractivity contribution is -0.145. The molecule has 0 radical (unpaired) electrons. The second kappa shape index (κ2) is 3.68. The molecule has 0 aromatic heterocycles. The third-order valence-corrected chi connectivity index (χ3v) is 4.73. The molecule has 82 valence electrons. The van der Waals surface area contributed by atoms with Crippen LogP contribution in [0.25, 0.3) is 0 Å². The molecule has 0 aromatic rings. The molecule has 0 aliphatic heterocycles. The molecule has 0 N–H and O–H groups in total. The lowest BCUT2D eigenvalue weighted by atomic mass is 10.1. The summed E-state index contributed by atoms with van der Waals surface area (Å²) in [6.45, 7) is 11.7. The summed E-state index contributed by atoms with van der Waals surface area (Å²) in [7, 11) is -1.05. The highest BCUT2D eigenvalue weighted by molar-refractivity contribution is 6.76. The fourth-order valence-electron chi connectivity index (χ4n) is 2.42. The number of hydrogen-bond acceptors (Lipinski definition) is 2. The van der Waals surface area contributed by atoms with E-state index in [2.05, 4.69) is 26.6 Å². The average Bonchev–Trinajstić information content (AvgIpc) is 2.58. The third-order valence-electron chi connectivity index (χ3n) is 2.86. The van der Waals surface area contributed by atoms with Gasteiger partial charge in [-0.25, -0.2) is 0 Å². The van der Waals surface area contributed by atoms with E-state index in [1.807, 2.05) is 6.92 Å². The number of carbonyl (C=O) groups is 1. The van der Waals surface area contributed by atoms with Crippen molar-refractivity contribution in [3.05, 3.63) is 0 Å². The van der Waals surface area contributed by atoms with Gasteiger partial charge in [-0.15, -0.1) is 0 Å². The van der Waals surface area contributed by atoms with Gasteiger partial charge in [0.1, 0.15) is 0 Å². The second-order valence-corrected chi connectivity index (χ2v) is 11.4. The van der Waals surface area contributed by atoms with Crippen LogP contribution in [0.4, 0.5) is 0 Å². The monoisotopic (exact) mass is 214 g/mol. The van der Waals surface area contributed by atoms with Gasteiger partial charge >= 0.3 is 5.97 Å². The van der Waals surface area contributed by atoms with Gasteiger partial charge in [0.2, 0.25) is 0 Å². The van der Waals surface area contributed by atoms with E-state index in [0.717, 1.165) is 6.42 Å². The molecule has 14 heavy (non-hydrogen) atoms. The van der Waals surface area contributed by atoms with Crippen LogP contribution in [0, 0.1) is 11.3 Å². The lowest BCUT2D eigenvalue weighted by Crippen LogP contribution is -2.25. The molecule has 1 aliphatic carbocycles. The summed E-state index contributed by atoms with van der Waals surface area (Å²) in [5, 5.41) is 0. The molecule has 3 heteroatoms. The van der Waals surface area contributed by atoms with E-state index in [9.17, 15) is 4.79 Å². The SMILES string of the molecule is CCOC(=O)C1CC1(C)C[Si](C)(C)C. The number of ether oxygens (including phenoxy) is 1. The minimum absolute atomic E-state index is 0.0215. The summed E-state index contributed by atoms with van der Waals surface area (Å²) < 4.78 is 5.05. The van der Waals surface area contributed by atoms with Gasteiger partial charge in [0.25, 0.3) is 0 Å². The first kappa shape index (κ1) is 11.8. The Labute approximate surface area is 88.0 Å². The highest BCUT2D eigenvalue weighted by atomic mass is 28.3. The Morgan fingerprint density at radius 2 is 2.07 bits per heavy atom. The number of hydrogen-bond donors (Lipinski definition) is 0. The molecule has 0 saturated heterocycles. The number of esters is 1. The maximum Gasteiger partial charge on any atom is 0.309 e. The number of rotatable bonds is 4. The standard InChI is InChI=1S/C11H22O2Si/c1-6-13-10(12)9-7-11(9,2)8-14(3,4)5/h9H,6-8H2,1-5H3. The molecule has 2 nitrogen and oxygen atoms in total. The van der Waals surface area contributed by atoms with Crippen LogP contribution in [0.1, 0.15) is 20.3 Å². The summed E-state index contributed by atoms with van der Waals surface area (Å²) in [6, 6.07) is 1.24. The van der Waals surface area contributed by atoms with Crippen molar-refractivity contribution < 1.29 is 9.53 Å². The van der Waals surface area contributed by atoms with Crippen molar-refractivity contribution in [1.82, 2.24) is 0 Å². The van der Waals surface area contributed by atoms with Gasteiger partial charge in [-0.3, -0.25) is 4.79 Å². The largest absolute Gasteiger partial charge is 0.466 e. The highest BCUT2D eigenvalue weighted by Gasteiger charge is 2.56. The molecule has 0 bridgehead atoms. The molecule has 0 heterocycles. The van der Waals surface area contributed by atoms with Crippen molar-refractivity contribution in [2.45, 2.75) is 46.0 Å². The fraction of sp³-hybridized carbons (Fsp3) is 0.909. The maximum absolute atomic E-state index is 11.5. The maximum atomic E-state index is 11.5. The quantitative estimate of drug-likeness (QED) is 0.531. The van der Waals surface area contributed by atoms with Crippen molar-refractivity contribution in [3.63, 3.8) is 0 Å². The van der Waals surface area contributed by atoms with Crippen LogP contribution in [0.2, 0.25) is 25.7 Å². The van der Waals surface area contributed by atoms with Gasteiger partial charge in [0.15, 0.2) is 0 Å². The minimum Gasteiger partial charge on any atom is -0.466 e. The molecule has 2 unspecified atom stereocenters. The molecule has 2 atom stereocenters. The van der Waals surface area contributed by atoms with Gasteiger partial charge in [0.05, 0.1) is 12.5 Å². The Balaban J connectivity index is 2.46. The van der Waals surface area contributed by atoms with E-state index in [-0.39, 0.29) is 17.3 Å². The zero-order valence-corrected chi connectivity index (χ0v) is 11.0. The Bertz CT molecular complexity index is 232. The van der Waals surface area contributed by atoms with Crippen LogP contribution < -0.4 is 0 Å². The smallest absolute Gasteiger partial charge is 0.309 e. The van der Waals surface area contributed by atoms with Gasteiger partial charge < -0.3 is 4.74 Å². The number of carbonyl (C=O) groups excluding carboxylic acids is 1. The van der Waals surface area contributed by atoms with Crippen LogP contribution in [0.15, 0.2) is 0 Å². The molecule has 1 rings (SSSR count). The van der Waals surface area contributed by atoms with Crippen LogP contribution in [0.5, 0.6) is 0 Å². The summed E-state index contributed by atoms with van der Waals surface area (Å²) >= 11 is 0. The van der Waals surface area contributed by atoms with Crippen molar-refractivity contribution in [2.75, 3.05) is 6.61 Å².